The fraction of sp³-hybridized carbons (Fsp3) is 0.483. The van der Waals surface area contributed by atoms with E-state index in [4.69, 9.17) is 14.9 Å². The van der Waals surface area contributed by atoms with E-state index in [-0.39, 0.29) is 55.2 Å². The first kappa shape index (κ1) is 30.0. The number of amides is 4. The van der Waals surface area contributed by atoms with Gasteiger partial charge in [-0.1, -0.05) is 37.3 Å². The van der Waals surface area contributed by atoms with Gasteiger partial charge in [0.1, 0.15) is 24.1 Å². The van der Waals surface area contributed by atoms with Crippen molar-refractivity contribution in [1.29, 1.82) is 5.41 Å². The smallest absolute Gasteiger partial charge is 0.413 e. The number of likely N-dealkylation sites (tertiary alicyclic amines) is 1. The number of fused-ring (bicyclic) bond motifs is 1. The summed E-state index contributed by atoms with van der Waals surface area (Å²) in [6, 6.07) is 10.4. The van der Waals surface area contributed by atoms with Gasteiger partial charge in [0.25, 0.3) is 0 Å². The molecule has 4 N–H and O–H groups in total. The topological polar surface area (TPSA) is 150 Å². The van der Waals surface area contributed by atoms with Gasteiger partial charge in [-0.15, -0.1) is 11.3 Å². The zero-order valence-electron chi connectivity index (χ0n) is 23.7. The minimum atomic E-state index is -0.723. The van der Waals surface area contributed by atoms with Crippen LogP contribution in [0, 0.1) is 10.8 Å². The number of hydrogen-bond acceptors (Lipinski definition) is 8. The monoisotopic (exact) mass is 583 g/mol. The predicted octanol–water partition coefficient (Wildman–Crippen LogP) is 3.91. The van der Waals surface area contributed by atoms with Crippen molar-refractivity contribution in [2.45, 2.75) is 77.8 Å². The van der Waals surface area contributed by atoms with Gasteiger partial charge in [-0.05, 0) is 50.7 Å². The minimum Gasteiger partial charge on any atom is -0.444 e. The Hall–Kier alpha value is -3.93. The molecule has 0 unspecified atom stereocenters. The lowest BCUT2D eigenvalue weighted by molar-refractivity contribution is -0.139. The van der Waals surface area contributed by atoms with Crippen LogP contribution in [0.4, 0.5) is 9.59 Å². The van der Waals surface area contributed by atoms with Crippen molar-refractivity contribution in [3.05, 3.63) is 57.8 Å². The first-order valence-electron chi connectivity index (χ1n) is 13.5. The minimum absolute atomic E-state index is 0.0220. The number of piperidine rings is 1. The summed E-state index contributed by atoms with van der Waals surface area (Å²) in [4.78, 5) is 52.7. The third-order valence-electron chi connectivity index (χ3n) is 7.05. The number of rotatable bonds is 9. The van der Waals surface area contributed by atoms with Crippen LogP contribution in [0.2, 0.25) is 0 Å². The van der Waals surface area contributed by atoms with Gasteiger partial charge in [-0.25, -0.2) is 9.59 Å². The number of carbonyl (C=O) groups is 4. The summed E-state index contributed by atoms with van der Waals surface area (Å²) in [6.07, 6.45) is 0.218. The molecule has 41 heavy (non-hydrogen) atoms. The number of amidine groups is 1. The Kier molecular flexibility index (Phi) is 9.01. The Morgan fingerprint density at radius 2 is 1.83 bits per heavy atom. The molecule has 2 fully saturated rings. The van der Waals surface area contributed by atoms with Crippen LogP contribution in [0.1, 0.15) is 63.0 Å². The fourth-order valence-electron chi connectivity index (χ4n) is 4.90. The molecule has 220 valence electrons. The maximum Gasteiger partial charge on any atom is 0.413 e. The number of hydrogen-bond donors (Lipinski definition) is 4. The van der Waals surface area contributed by atoms with Gasteiger partial charge in [0.05, 0.1) is 6.54 Å². The second kappa shape index (κ2) is 12.3. The molecule has 1 saturated heterocycles. The summed E-state index contributed by atoms with van der Waals surface area (Å²) in [5.74, 6) is -0.513. The molecule has 1 saturated carbocycles. The Balaban J connectivity index is 1.24. The molecule has 1 aliphatic carbocycles. The van der Waals surface area contributed by atoms with E-state index < -0.39 is 23.8 Å². The van der Waals surface area contributed by atoms with Gasteiger partial charge >= 0.3 is 12.2 Å². The number of carbonyl (C=O) groups excluding carboxylic acids is 4. The van der Waals surface area contributed by atoms with E-state index in [1.54, 1.807) is 37.1 Å². The van der Waals surface area contributed by atoms with Crippen molar-refractivity contribution in [3.8, 4) is 0 Å². The number of ether oxygens (including phenoxy) is 2. The normalized spacial score (nSPS) is 20.9. The molecule has 4 rings (SSSR count). The summed E-state index contributed by atoms with van der Waals surface area (Å²) in [6.45, 7) is 7.83. The van der Waals surface area contributed by atoms with Crippen molar-refractivity contribution in [3.63, 3.8) is 0 Å². The number of nitrogens with zero attached hydrogens (tertiary/aromatic N) is 1. The molecule has 0 radical (unpaired) electrons. The maximum absolute atomic E-state index is 13.1. The van der Waals surface area contributed by atoms with E-state index in [0.29, 0.717) is 12.0 Å². The van der Waals surface area contributed by atoms with Crippen molar-refractivity contribution >= 4 is 41.2 Å². The quantitative estimate of drug-likeness (QED) is 0.260. The summed E-state index contributed by atoms with van der Waals surface area (Å²) in [5, 5.41) is 17.8. The SMILES string of the molecule is CC(C)(C)OC(=O)NCCC(=O)N1[C@H]2C[C@@]2(C)C[C@H]1C(=O)NCc1cc(C(=N)NC(=O)OCc2ccccc2)cs1. The molecular formula is C29H37N5O6S. The predicted molar refractivity (Wildman–Crippen MR) is 153 cm³/mol. The van der Waals surface area contributed by atoms with Gasteiger partial charge in [0.15, 0.2) is 0 Å². The molecule has 1 aromatic heterocycles. The van der Waals surface area contributed by atoms with Crippen LogP contribution in [-0.2, 0) is 32.2 Å². The highest BCUT2D eigenvalue weighted by Crippen LogP contribution is 2.59. The summed E-state index contributed by atoms with van der Waals surface area (Å²) < 4.78 is 10.4. The molecule has 2 aromatic rings. The van der Waals surface area contributed by atoms with Crippen LogP contribution in [0.25, 0.3) is 0 Å². The Labute approximate surface area is 243 Å². The van der Waals surface area contributed by atoms with Gasteiger partial charge in [-0.3, -0.25) is 20.3 Å². The van der Waals surface area contributed by atoms with E-state index >= 15 is 0 Å². The van der Waals surface area contributed by atoms with Crippen LogP contribution in [0.3, 0.4) is 0 Å². The van der Waals surface area contributed by atoms with Gasteiger partial charge in [0.2, 0.25) is 11.8 Å². The molecule has 11 nitrogen and oxygen atoms in total. The molecule has 0 bridgehead atoms. The molecule has 1 aliphatic heterocycles. The van der Waals surface area contributed by atoms with Crippen LogP contribution in [0.5, 0.6) is 0 Å². The van der Waals surface area contributed by atoms with Gasteiger partial charge < -0.3 is 25.0 Å². The zero-order valence-corrected chi connectivity index (χ0v) is 24.6. The Morgan fingerprint density at radius 1 is 1.10 bits per heavy atom. The maximum atomic E-state index is 13.1. The Morgan fingerprint density at radius 3 is 2.54 bits per heavy atom. The molecule has 3 atom stereocenters. The molecular weight excluding hydrogens is 546 g/mol. The van der Waals surface area contributed by atoms with E-state index in [9.17, 15) is 19.2 Å². The lowest BCUT2D eigenvalue weighted by atomic mass is 10.0. The van der Waals surface area contributed by atoms with E-state index in [0.717, 1.165) is 16.9 Å². The highest BCUT2D eigenvalue weighted by atomic mass is 32.1. The standard InChI is InChI=1S/C29H37N5O6S/c1-28(2,3)40-26(37)31-11-10-23(35)34-21(13-29(4)14-22(29)34)25(36)32-15-20-12-19(17-41-20)24(30)33-27(38)39-16-18-8-6-5-7-9-18/h5-9,12,17,21-22H,10-11,13-16H2,1-4H3,(H,31,37)(H,32,36)(H2,30,33,38)/t21-,22-,29+/m0/s1. The number of benzene rings is 1. The molecule has 4 amide bonds. The van der Waals surface area contributed by atoms with E-state index in [2.05, 4.69) is 22.9 Å². The molecule has 2 aliphatic rings. The van der Waals surface area contributed by atoms with Crippen molar-refractivity contribution in [2.75, 3.05) is 6.54 Å². The second-order valence-corrected chi connectivity index (χ2v) is 12.7. The first-order valence-corrected chi connectivity index (χ1v) is 14.4. The van der Waals surface area contributed by atoms with Crippen LogP contribution in [0.15, 0.2) is 41.8 Å². The zero-order chi connectivity index (χ0) is 29.8. The summed E-state index contributed by atoms with van der Waals surface area (Å²) in [5.41, 5.74) is 0.646. The highest BCUT2D eigenvalue weighted by Gasteiger charge is 2.64. The Bertz CT molecular complexity index is 1310. The van der Waals surface area contributed by atoms with Crippen LogP contribution >= 0.6 is 11.3 Å². The largest absolute Gasteiger partial charge is 0.444 e. The van der Waals surface area contributed by atoms with Gasteiger partial charge in [-0.2, -0.15) is 0 Å². The molecule has 12 heteroatoms. The first-order chi connectivity index (χ1) is 19.3. The van der Waals surface area contributed by atoms with Crippen molar-refractivity contribution in [1.82, 2.24) is 20.9 Å². The third-order valence-corrected chi connectivity index (χ3v) is 7.99. The average Bonchev–Trinajstić information content (AvgIpc) is 3.23. The third kappa shape index (κ3) is 8.06. The van der Waals surface area contributed by atoms with E-state index in [1.165, 1.54) is 11.3 Å². The van der Waals surface area contributed by atoms with Gasteiger partial charge in [0, 0.05) is 34.8 Å². The van der Waals surface area contributed by atoms with Crippen molar-refractivity contribution < 1.29 is 28.7 Å². The number of alkyl carbamates (subject to hydrolysis) is 2. The summed E-state index contributed by atoms with van der Waals surface area (Å²) in [7, 11) is 0. The van der Waals surface area contributed by atoms with Crippen LogP contribution < -0.4 is 16.0 Å². The lowest BCUT2D eigenvalue weighted by Crippen LogP contribution is -2.48. The summed E-state index contributed by atoms with van der Waals surface area (Å²) >= 11 is 1.35. The fourth-order valence-corrected chi connectivity index (χ4v) is 5.72. The van der Waals surface area contributed by atoms with E-state index in [1.807, 2.05) is 30.3 Å². The average molecular weight is 584 g/mol. The van der Waals surface area contributed by atoms with Crippen LogP contribution in [-0.4, -0.2) is 59.0 Å². The lowest BCUT2D eigenvalue weighted by Gasteiger charge is -2.27. The highest BCUT2D eigenvalue weighted by molar-refractivity contribution is 7.10. The molecule has 2 heterocycles. The molecule has 1 aromatic carbocycles. The van der Waals surface area contributed by atoms with Crippen molar-refractivity contribution in [2.24, 2.45) is 5.41 Å². The second-order valence-electron chi connectivity index (χ2n) is 11.7. The molecule has 0 spiro atoms. The number of nitrogens with one attached hydrogen (secondary N) is 4. The number of thiophene rings is 1.